The molecule has 0 aliphatic carbocycles. The van der Waals surface area contributed by atoms with Gasteiger partial charge in [0, 0.05) is 31.7 Å². The largest absolute Gasteiger partial charge is 0.387 e. The third kappa shape index (κ3) is 2.62. The minimum Gasteiger partial charge on any atom is -0.387 e. The van der Waals surface area contributed by atoms with Crippen LogP contribution in [0.25, 0.3) is 0 Å². The smallest absolute Gasteiger partial charge is 0.254 e. The zero-order valence-electron chi connectivity index (χ0n) is 12.3. The highest BCUT2D eigenvalue weighted by molar-refractivity contribution is 5.99. The molecule has 1 aromatic carbocycles. The molecule has 4 atom stereocenters. The summed E-state index contributed by atoms with van der Waals surface area (Å²) in [4.78, 5) is 14.8. The Labute approximate surface area is 125 Å². The first-order valence-electron chi connectivity index (χ1n) is 7.50. The van der Waals surface area contributed by atoms with E-state index >= 15 is 0 Å². The average molecular weight is 283 g/mol. The lowest BCUT2D eigenvalue weighted by Crippen LogP contribution is -2.59. The molecule has 0 spiro atoms. The number of hydrogen-bond acceptors (Lipinski definition) is 3. The molecule has 3 aliphatic rings. The first-order valence-corrected chi connectivity index (χ1v) is 7.50. The molecule has 0 aromatic heterocycles. The van der Waals surface area contributed by atoms with Gasteiger partial charge in [0.2, 0.25) is 0 Å². The molecule has 0 saturated carbocycles. The van der Waals surface area contributed by atoms with E-state index in [1.54, 1.807) is 0 Å². The predicted molar refractivity (Wildman–Crippen MR) is 83.9 cm³/mol. The van der Waals surface area contributed by atoms with Crippen molar-refractivity contribution in [1.82, 2.24) is 10.2 Å². The number of carbonyl (C=O) groups is 1. The minimum absolute atomic E-state index is 0.0187. The molecular formula is C17H21N3O. The second-order valence-electron chi connectivity index (χ2n) is 5.84. The van der Waals surface area contributed by atoms with Gasteiger partial charge in [-0.15, -0.1) is 12.3 Å². The van der Waals surface area contributed by atoms with Crippen LogP contribution in [-0.4, -0.2) is 37.1 Å². The Morgan fingerprint density at radius 1 is 1.43 bits per heavy atom. The SMILES string of the molecule is C#C[C@@H]1CN2CC[C@H]1C[C@@H]2NC(=O)c1ccccc1NC. The van der Waals surface area contributed by atoms with E-state index in [2.05, 4.69) is 21.5 Å². The van der Waals surface area contributed by atoms with Crippen molar-refractivity contribution in [1.29, 1.82) is 0 Å². The number of para-hydroxylation sites is 1. The van der Waals surface area contributed by atoms with Crippen LogP contribution in [0.1, 0.15) is 23.2 Å². The number of terminal acetylenes is 1. The normalized spacial score (nSPS) is 30.5. The third-order valence-corrected chi connectivity index (χ3v) is 4.71. The fourth-order valence-corrected chi connectivity index (χ4v) is 3.49. The van der Waals surface area contributed by atoms with Crippen LogP contribution in [0, 0.1) is 24.2 Å². The lowest BCUT2D eigenvalue weighted by atomic mass is 9.78. The summed E-state index contributed by atoms with van der Waals surface area (Å²) in [5.74, 6) is 3.77. The van der Waals surface area contributed by atoms with Crippen LogP contribution in [0.15, 0.2) is 24.3 Å². The van der Waals surface area contributed by atoms with Gasteiger partial charge >= 0.3 is 0 Å². The number of hydrogen-bond donors (Lipinski definition) is 2. The Kier molecular flexibility index (Phi) is 3.85. The zero-order chi connectivity index (χ0) is 14.8. The topological polar surface area (TPSA) is 44.4 Å². The Bertz CT molecular complexity index is 578. The fraction of sp³-hybridized carbons (Fsp3) is 0.471. The van der Waals surface area contributed by atoms with Gasteiger partial charge < -0.3 is 10.6 Å². The zero-order valence-corrected chi connectivity index (χ0v) is 12.3. The van der Waals surface area contributed by atoms with Gasteiger partial charge in [0.05, 0.1) is 11.7 Å². The molecule has 0 radical (unpaired) electrons. The number of amides is 1. The van der Waals surface area contributed by atoms with E-state index in [-0.39, 0.29) is 12.1 Å². The van der Waals surface area contributed by atoms with Crippen molar-refractivity contribution < 1.29 is 4.79 Å². The summed E-state index contributed by atoms with van der Waals surface area (Å²) >= 11 is 0. The molecule has 2 N–H and O–H groups in total. The highest BCUT2D eigenvalue weighted by atomic mass is 16.1. The number of anilines is 1. The highest BCUT2D eigenvalue weighted by Gasteiger charge is 2.39. The van der Waals surface area contributed by atoms with Crippen LogP contribution in [0.3, 0.4) is 0 Å². The second kappa shape index (κ2) is 5.79. The van der Waals surface area contributed by atoms with E-state index in [1.165, 1.54) is 0 Å². The monoisotopic (exact) mass is 283 g/mol. The van der Waals surface area contributed by atoms with Crippen molar-refractivity contribution in [3.63, 3.8) is 0 Å². The maximum Gasteiger partial charge on any atom is 0.254 e. The van der Waals surface area contributed by atoms with Gasteiger partial charge in [-0.2, -0.15) is 0 Å². The summed E-state index contributed by atoms with van der Waals surface area (Å²) in [5.41, 5.74) is 1.55. The Balaban J connectivity index is 1.70. The van der Waals surface area contributed by atoms with E-state index in [1.807, 2.05) is 31.3 Å². The molecule has 1 aromatic rings. The third-order valence-electron chi connectivity index (χ3n) is 4.71. The van der Waals surface area contributed by atoms with Gasteiger partial charge in [0.1, 0.15) is 0 Å². The first-order chi connectivity index (χ1) is 10.2. The van der Waals surface area contributed by atoms with Crippen LogP contribution < -0.4 is 10.6 Å². The summed E-state index contributed by atoms with van der Waals surface area (Å²) < 4.78 is 0. The van der Waals surface area contributed by atoms with Gasteiger partial charge in [-0.1, -0.05) is 12.1 Å². The molecule has 110 valence electrons. The number of piperidine rings is 3. The van der Waals surface area contributed by atoms with Gasteiger partial charge in [0.15, 0.2) is 0 Å². The number of fused-ring (bicyclic) bond motifs is 3. The molecule has 3 fully saturated rings. The van der Waals surface area contributed by atoms with Crippen LogP contribution in [0.4, 0.5) is 5.69 Å². The summed E-state index contributed by atoms with van der Waals surface area (Å²) in [7, 11) is 1.83. The van der Waals surface area contributed by atoms with Gasteiger partial charge in [-0.05, 0) is 30.9 Å². The molecular weight excluding hydrogens is 262 g/mol. The quantitative estimate of drug-likeness (QED) is 0.831. The van der Waals surface area contributed by atoms with Gasteiger partial charge in [-0.3, -0.25) is 9.69 Å². The lowest BCUT2D eigenvalue weighted by molar-refractivity contribution is 0.00747. The Morgan fingerprint density at radius 2 is 2.24 bits per heavy atom. The van der Waals surface area contributed by atoms with Gasteiger partial charge in [0.25, 0.3) is 5.91 Å². The molecule has 4 rings (SSSR count). The van der Waals surface area contributed by atoms with Crippen molar-refractivity contribution in [2.45, 2.75) is 19.0 Å². The maximum atomic E-state index is 12.5. The number of benzene rings is 1. The van der Waals surface area contributed by atoms with E-state index in [0.717, 1.165) is 31.6 Å². The van der Waals surface area contributed by atoms with Crippen molar-refractivity contribution >= 4 is 11.6 Å². The van der Waals surface area contributed by atoms with E-state index in [0.29, 0.717) is 17.4 Å². The number of carbonyl (C=O) groups excluding carboxylic acids is 1. The highest BCUT2D eigenvalue weighted by Crippen LogP contribution is 2.35. The molecule has 3 saturated heterocycles. The second-order valence-corrected chi connectivity index (χ2v) is 5.84. The number of rotatable bonds is 3. The molecule has 3 aliphatic heterocycles. The van der Waals surface area contributed by atoms with E-state index in [4.69, 9.17) is 6.42 Å². The van der Waals surface area contributed by atoms with Crippen molar-refractivity contribution in [3.8, 4) is 12.3 Å². The molecule has 3 heterocycles. The Morgan fingerprint density at radius 3 is 2.90 bits per heavy atom. The molecule has 4 nitrogen and oxygen atoms in total. The van der Waals surface area contributed by atoms with Crippen LogP contribution >= 0.6 is 0 Å². The lowest BCUT2D eigenvalue weighted by Gasteiger charge is -2.48. The number of nitrogens with zero attached hydrogens (tertiary/aromatic N) is 1. The Hall–Kier alpha value is -1.99. The molecule has 1 unspecified atom stereocenters. The molecule has 1 amide bonds. The first kappa shape index (κ1) is 14.0. The van der Waals surface area contributed by atoms with Crippen molar-refractivity contribution in [2.75, 3.05) is 25.5 Å². The van der Waals surface area contributed by atoms with E-state index < -0.39 is 0 Å². The summed E-state index contributed by atoms with van der Waals surface area (Å²) in [5, 5.41) is 6.23. The summed E-state index contributed by atoms with van der Waals surface area (Å²) in [6, 6.07) is 7.57. The van der Waals surface area contributed by atoms with Crippen molar-refractivity contribution in [3.05, 3.63) is 29.8 Å². The van der Waals surface area contributed by atoms with Crippen LogP contribution in [0.2, 0.25) is 0 Å². The van der Waals surface area contributed by atoms with Crippen molar-refractivity contribution in [2.24, 2.45) is 11.8 Å². The molecule has 21 heavy (non-hydrogen) atoms. The predicted octanol–water partition coefficient (Wildman–Crippen LogP) is 1.76. The van der Waals surface area contributed by atoms with Crippen LogP contribution in [-0.2, 0) is 0 Å². The fourth-order valence-electron chi connectivity index (χ4n) is 3.49. The van der Waals surface area contributed by atoms with E-state index in [9.17, 15) is 4.79 Å². The molecule has 4 heteroatoms. The standard InChI is InChI=1S/C17H21N3O/c1-3-12-11-20-9-8-13(12)10-16(20)19-17(21)14-6-4-5-7-15(14)18-2/h1,4-7,12-13,16,18H,8-11H2,2H3,(H,19,21)/t12-,13+,16-/m1/s1. The van der Waals surface area contributed by atoms with Gasteiger partial charge in [-0.25, -0.2) is 0 Å². The number of nitrogens with one attached hydrogen (secondary N) is 2. The maximum absolute atomic E-state index is 12.5. The summed E-state index contributed by atoms with van der Waals surface area (Å²) in [6.07, 6.45) is 7.82. The summed E-state index contributed by atoms with van der Waals surface area (Å²) in [6.45, 7) is 1.93. The molecule has 2 bridgehead atoms. The average Bonchev–Trinajstić information content (AvgIpc) is 2.55. The minimum atomic E-state index is -0.0187. The van der Waals surface area contributed by atoms with Crippen LogP contribution in [0.5, 0.6) is 0 Å².